The molecule has 68 valence electrons. The van der Waals surface area contributed by atoms with Gasteiger partial charge in [0.25, 0.3) is 0 Å². The second kappa shape index (κ2) is 3.09. The SMILES string of the molecule is Nc1cc(CCl)cc2c(O)csc12. The molecule has 0 spiro atoms. The van der Waals surface area contributed by atoms with Gasteiger partial charge in [-0.05, 0) is 17.7 Å². The quantitative estimate of drug-likeness (QED) is 0.565. The van der Waals surface area contributed by atoms with Crippen LogP contribution in [0.25, 0.3) is 10.1 Å². The third kappa shape index (κ3) is 1.34. The molecule has 1 heterocycles. The van der Waals surface area contributed by atoms with E-state index in [1.54, 1.807) is 5.38 Å². The minimum Gasteiger partial charge on any atom is -0.506 e. The van der Waals surface area contributed by atoms with Gasteiger partial charge >= 0.3 is 0 Å². The van der Waals surface area contributed by atoms with Crippen LogP contribution in [0.1, 0.15) is 5.56 Å². The molecule has 4 heteroatoms. The van der Waals surface area contributed by atoms with Crippen molar-refractivity contribution in [1.29, 1.82) is 0 Å². The topological polar surface area (TPSA) is 46.2 Å². The Hall–Kier alpha value is -0.930. The fourth-order valence-electron chi connectivity index (χ4n) is 1.29. The van der Waals surface area contributed by atoms with E-state index < -0.39 is 0 Å². The third-order valence-electron chi connectivity index (χ3n) is 1.90. The average molecular weight is 214 g/mol. The van der Waals surface area contributed by atoms with Crippen LogP contribution in [0.15, 0.2) is 17.5 Å². The van der Waals surface area contributed by atoms with Crippen molar-refractivity contribution in [2.75, 3.05) is 5.73 Å². The molecular weight excluding hydrogens is 206 g/mol. The zero-order valence-corrected chi connectivity index (χ0v) is 8.32. The van der Waals surface area contributed by atoms with Crippen LogP contribution in [0.2, 0.25) is 0 Å². The Morgan fingerprint density at radius 2 is 2.23 bits per heavy atom. The molecule has 0 saturated carbocycles. The molecule has 3 N–H and O–H groups in total. The summed E-state index contributed by atoms with van der Waals surface area (Å²) >= 11 is 7.13. The Morgan fingerprint density at radius 3 is 2.92 bits per heavy atom. The van der Waals surface area contributed by atoms with E-state index in [9.17, 15) is 5.11 Å². The van der Waals surface area contributed by atoms with Crippen LogP contribution < -0.4 is 5.73 Å². The molecule has 0 saturated heterocycles. The second-order valence-electron chi connectivity index (χ2n) is 2.82. The lowest BCUT2D eigenvalue weighted by Crippen LogP contribution is -1.87. The number of thiophene rings is 1. The molecule has 0 unspecified atom stereocenters. The second-order valence-corrected chi connectivity index (χ2v) is 3.96. The van der Waals surface area contributed by atoms with Gasteiger partial charge in [-0.25, -0.2) is 0 Å². The summed E-state index contributed by atoms with van der Waals surface area (Å²) in [6.07, 6.45) is 0. The minimum absolute atomic E-state index is 0.277. The maximum absolute atomic E-state index is 9.47. The molecule has 2 aromatic rings. The first kappa shape index (κ1) is 8.66. The van der Waals surface area contributed by atoms with E-state index in [0.29, 0.717) is 11.6 Å². The first-order valence-electron chi connectivity index (χ1n) is 3.77. The Balaban J connectivity index is 2.80. The van der Waals surface area contributed by atoms with Crippen molar-refractivity contribution >= 4 is 38.7 Å². The van der Waals surface area contributed by atoms with Crippen molar-refractivity contribution in [3.63, 3.8) is 0 Å². The number of hydrogen-bond acceptors (Lipinski definition) is 3. The number of anilines is 1. The van der Waals surface area contributed by atoms with Gasteiger partial charge < -0.3 is 10.8 Å². The normalized spacial score (nSPS) is 10.8. The molecule has 0 aliphatic carbocycles. The molecule has 2 nitrogen and oxygen atoms in total. The maximum atomic E-state index is 9.47. The molecule has 0 amide bonds. The highest BCUT2D eigenvalue weighted by Gasteiger charge is 2.06. The van der Waals surface area contributed by atoms with Gasteiger partial charge in [0.2, 0.25) is 0 Å². The van der Waals surface area contributed by atoms with Crippen molar-refractivity contribution in [1.82, 2.24) is 0 Å². The number of hydrogen-bond donors (Lipinski definition) is 2. The summed E-state index contributed by atoms with van der Waals surface area (Å²) in [6.45, 7) is 0. The van der Waals surface area contributed by atoms with Gasteiger partial charge in [-0.3, -0.25) is 0 Å². The molecule has 1 aromatic heterocycles. The van der Waals surface area contributed by atoms with Crippen molar-refractivity contribution in [3.05, 3.63) is 23.1 Å². The van der Waals surface area contributed by atoms with Gasteiger partial charge in [0.1, 0.15) is 5.75 Å². The smallest absolute Gasteiger partial charge is 0.134 e. The van der Waals surface area contributed by atoms with E-state index >= 15 is 0 Å². The van der Waals surface area contributed by atoms with Crippen LogP contribution in [0.5, 0.6) is 5.75 Å². The highest BCUT2D eigenvalue weighted by molar-refractivity contribution is 7.18. The van der Waals surface area contributed by atoms with Gasteiger partial charge in [-0.1, -0.05) is 0 Å². The largest absolute Gasteiger partial charge is 0.506 e. The highest BCUT2D eigenvalue weighted by atomic mass is 35.5. The highest BCUT2D eigenvalue weighted by Crippen LogP contribution is 2.36. The Bertz CT molecular complexity index is 452. The van der Waals surface area contributed by atoms with Gasteiger partial charge in [0, 0.05) is 22.3 Å². The summed E-state index contributed by atoms with van der Waals surface area (Å²) in [5, 5.41) is 11.9. The molecule has 1 aromatic carbocycles. The fourth-order valence-corrected chi connectivity index (χ4v) is 2.29. The lowest BCUT2D eigenvalue weighted by atomic mass is 10.1. The van der Waals surface area contributed by atoms with Gasteiger partial charge in [-0.15, -0.1) is 22.9 Å². The number of fused-ring (bicyclic) bond motifs is 1. The first-order valence-corrected chi connectivity index (χ1v) is 5.18. The van der Waals surface area contributed by atoms with E-state index in [2.05, 4.69) is 0 Å². The van der Waals surface area contributed by atoms with Crippen LogP contribution in [-0.2, 0) is 5.88 Å². The van der Waals surface area contributed by atoms with E-state index in [-0.39, 0.29) is 5.75 Å². The number of halogens is 1. The third-order valence-corrected chi connectivity index (χ3v) is 3.24. The van der Waals surface area contributed by atoms with Crippen LogP contribution in [0, 0.1) is 0 Å². The van der Waals surface area contributed by atoms with Gasteiger partial charge in [-0.2, -0.15) is 0 Å². The molecule has 0 radical (unpaired) electrons. The van der Waals surface area contributed by atoms with E-state index in [1.165, 1.54) is 11.3 Å². The van der Waals surface area contributed by atoms with Crippen molar-refractivity contribution in [2.45, 2.75) is 5.88 Å². The Morgan fingerprint density at radius 1 is 1.46 bits per heavy atom. The monoisotopic (exact) mass is 213 g/mol. The summed E-state index contributed by atoms with van der Waals surface area (Å²) in [5.41, 5.74) is 7.40. The molecule has 0 atom stereocenters. The van der Waals surface area contributed by atoms with Crippen molar-refractivity contribution in [3.8, 4) is 5.75 Å². The number of alkyl halides is 1. The van der Waals surface area contributed by atoms with Crippen LogP contribution in [0.4, 0.5) is 5.69 Å². The molecule has 0 aliphatic rings. The zero-order valence-electron chi connectivity index (χ0n) is 6.75. The Kier molecular flexibility index (Phi) is 2.06. The number of benzene rings is 1. The minimum atomic E-state index is 0.277. The first-order chi connectivity index (χ1) is 6.22. The predicted molar refractivity (Wildman–Crippen MR) is 57.5 cm³/mol. The molecule has 2 rings (SSSR count). The fraction of sp³-hybridized carbons (Fsp3) is 0.111. The standard InChI is InChI=1S/C9H8ClNOS/c10-3-5-1-6-8(12)4-13-9(6)7(11)2-5/h1-2,4,12H,3,11H2. The molecular formula is C9H8ClNOS. The molecule has 0 bridgehead atoms. The van der Waals surface area contributed by atoms with Crippen LogP contribution in [0.3, 0.4) is 0 Å². The van der Waals surface area contributed by atoms with Gasteiger partial charge in [0.15, 0.2) is 0 Å². The van der Waals surface area contributed by atoms with E-state index in [4.69, 9.17) is 17.3 Å². The zero-order chi connectivity index (χ0) is 9.42. The van der Waals surface area contributed by atoms with Crippen molar-refractivity contribution in [2.24, 2.45) is 0 Å². The lowest BCUT2D eigenvalue weighted by Gasteiger charge is -2.00. The molecule has 13 heavy (non-hydrogen) atoms. The average Bonchev–Trinajstić information content (AvgIpc) is 2.48. The number of rotatable bonds is 1. The summed E-state index contributed by atoms with van der Waals surface area (Å²) in [7, 11) is 0. The molecule has 0 aliphatic heterocycles. The summed E-state index contributed by atoms with van der Waals surface area (Å²) < 4.78 is 0.923. The van der Waals surface area contributed by atoms with E-state index in [1.807, 2.05) is 12.1 Å². The van der Waals surface area contributed by atoms with Crippen LogP contribution in [-0.4, -0.2) is 5.11 Å². The van der Waals surface area contributed by atoms with Crippen LogP contribution >= 0.6 is 22.9 Å². The number of nitrogen functional groups attached to an aromatic ring is 1. The van der Waals surface area contributed by atoms with Gasteiger partial charge in [0.05, 0.1) is 4.70 Å². The summed E-state index contributed by atoms with van der Waals surface area (Å²) in [5.74, 6) is 0.689. The lowest BCUT2D eigenvalue weighted by molar-refractivity contribution is 0.483. The number of nitrogens with two attached hydrogens (primary N) is 1. The van der Waals surface area contributed by atoms with E-state index in [0.717, 1.165) is 15.6 Å². The maximum Gasteiger partial charge on any atom is 0.134 e. The van der Waals surface area contributed by atoms with Crippen molar-refractivity contribution < 1.29 is 5.11 Å². The number of aromatic hydroxyl groups is 1. The predicted octanol–water partition coefficient (Wildman–Crippen LogP) is 2.93. The molecule has 0 fully saturated rings. The summed E-state index contributed by atoms with van der Waals surface area (Å²) in [6, 6.07) is 3.70. The Labute approximate surface area is 84.6 Å². The summed E-state index contributed by atoms with van der Waals surface area (Å²) in [4.78, 5) is 0.